The Kier molecular flexibility index (Phi) is 0.858. The maximum Gasteiger partial charge on any atom is 0.318 e. The number of aromatic amines is 1. The molecule has 0 radical (unpaired) electrons. The van der Waals surface area contributed by atoms with Crippen molar-refractivity contribution < 1.29 is 4.42 Å². The molecule has 0 aliphatic heterocycles. The van der Waals surface area contributed by atoms with E-state index >= 15 is 0 Å². The average molecular weight is 137 g/mol. The Morgan fingerprint density at radius 3 is 3.20 bits per heavy atom. The fourth-order valence-electron chi connectivity index (χ4n) is 0.711. The predicted octanol–water partition coefficient (Wildman–Crippen LogP) is -0.0889. The minimum atomic E-state index is -0.397. The molecule has 0 saturated heterocycles. The Morgan fingerprint density at radius 2 is 2.40 bits per heavy atom. The quantitative estimate of drug-likeness (QED) is 0.550. The molecule has 0 amide bonds. The van der Waals surface area contributed by atoms with Gasteiger partial charge in [-0.1, -0.05) is 0 Å². The molecule has 0 aliphatic carbocycles. The standard InChI is InChI=1S/C5H3N3O2/c9-5-3-4(6-1-7-5)8-2-10-3/h1-2H,(H,6,7,9). The van der Waals surface area contributed by atoms with Crippen molar-refractivity contribution in [2.75, 3.05) is 0 Å². The maximum absolute atomic E-state index is 10.8. The second kappa shape index (κ2) is 1.66. The molecular formula is C5H3N3O2. The number of H-pyrrole nitrogens is 1. The van der Waals surface area contributed by atoms with E-state index in [1.54, 1.807) is 0 Å². The van der Waals surface area contributed by atoms with E-state index in [9.17, 15) is 4.79 Å². The fraction of sp³-hybridized carbons (Fsp3) is 0. The zero-order valence-corrected chi connectivity index (χ0v) is 4.87. The summed E-state index contributed by atoms with van der Waals surface area (Å²) in [7, 11) is 0. The molecule has 5 heteroatoms. The molecule has 2 rings (SSSR count). The monoisotopic (exact) mass is 137 g/mol. The first kappa shape index (κ1) is 5.16. The zero-order valence-electron chi connectivity index (χ0n) is 4.87. The lowest BCUT2D eigenvalue weighted by atomic mass is 10.6. The van der Waals surface area contributed by atoms with Gasteiger partial charge in [0.15, 0.2) is 12.0 Å². The smallest absolute Gasteiger partial charge is 0.318 e. The number of nitrogens with zero attached hydrogens (tertiary/aromatic N) is 2. The number of fused-ring (bicyclic) bond motifs is 1. The first-order valence-electron chi connectivity index (χ1n) is 2.65. The van der Waals surface area contributed by atoms with Crippen molar-refractivity contribution in [1.29, 1.82) is 0 Å². The molecule has 0 saturated carbocycles. The summed E-state index contributed by atoms with van der Waals surface area (Å²) in [5, 5.41) is 0. The molecule has 2 heterocycles. The number of hydrogen-bond donors (Lipinski definition) is 1. The highest BCUT2D eigenvalue weighted by atomic mass is 16.3. The average Bonchev–Trinajstić information content (AvgIpc) is 2.36. The van der Waals surface area contributed by atoms with E-state index < -0.39 is 5.56 Å². The molecule has 10 heavy (non-hydrogen) atoms. The Balaban J connectivity index is 3.09. The molecule has 0 bridgehead atoms. The highest BCUT2D eigenvalue weighted by Crippen LogP contribution is 1.99. The van der Waals surface area contributed by atoms with Crippen molar-refractivity contribution in [3.8, 4) is 0 Å². The van der Waals surface area contributed by atoms with Crippen molar-refractivity contribution >= 4 is 11.2 Å². The zero-order chi connectivity index (χ0) is 6.97. The molecule has 0 aliphatic rings. The lowest BCUT2D eigenvalue weighted by Gasteiger charge is -1.80. The topological polar surface area (TPSA) is 71.8 Å². The van der Waals surface area contributed by atoms with Crippen LogP contribution in [0.5, 0.6) is 0 Å². The lowest BCUT2D eigenvalue weighted by molar-refractivity contribution is 0.597. The van der Waals surface area contributed by atoms with Crippen molar-refractivity contribution in [2.45, 2.75) is 0 Å². The van der Waals surface area contributed by atoms with Gasteiger partial charge in [0.1, 0.15) is 0 Å². The minimum Gasteiger partial charge on any atom is -0.436 e. The van der Waals surface area contributed by atoms with Gasteiger partial charge in [-0.3, -0.25) is 4.79 Å². The molecule has 0 atom stereocenters. The van der Waals surface area contributed by atoms with Crippen LogP contribution in [0.3, 0.4) is 0 Å². The van der Waals surface area contributed by atoms with E-state index in [4.69, 9.17) is 4.42 Å². The number of aromatic nitrogens is 3. The van der Waals surface area contributed by atoms with Crippen molar-refractivity contribution in [3.63, 3.8) is 0 Å². The van der Waals surface area contributed by atoms with Crippen LogP contribution in [-0.4, -0.2) is 15.0 Å². The van der Waals surface area contributed by atoms with Crippen LogP contribution in [0.25, 0.3) is 11.2 Å². The Morgan fingerprint density at radius 1 is 1.50 bits per heavy atom. The van der Waals surface area contributed by atoms with Gasteiger partial charge in [-0.15, -0.1) is 0 Å². The summed E-state index contributed by atoms with van der Waals surface area (Å²) < 4.78 is 4.73. The van der Waals surface area contributed by atoms with Gasteiger partial charge < -0.3 is 9.40 Å². The van der Waals surface area contributed by atoms with E-state index in [0.29, 0.717) is 5.65 Å². The normalized spacial score (nSPS) is 10.4. The summed E-state index contributed by atoms with van der Waals surface area (Å²) >= 11 is 0. The van der Waals surface area contributed by atoms with E-state index in [1.165, 1.54) is 12.7 Å². The van der Waals surface area contributed by atoms with Gasteiger partial charge in [-0.2, -0.15) is 9.97 Å². The van der Waals surface area contributed by atoms with E-state index in [1.807, 2.05) is 0 Å². The molecule has 0 fully saturated rings. The molecule has 0 aromatic carbocycles. The summed E-state index contributed by atoms with van der Waals surface area (Å²) in [4.78, 5) is 20.6. The van der Waals surface area contributed by atoms with Gasteiger partial charge in [0.2, 0.25) is 5.58 Å². The highest BCUT2D eigenvalue weighted by Gasteiger charge is 2.00. The summed E-state index contributed by atoms with van der Waals surface area (Å²) in [5.41, 5.74) is 0.203. The summed E-state index contributed by atoms with van der Waals surface area (Å²) in [6.45, 7) is 0. The number of nitrogens with one attached hydrogen (secondary N) is 1. The highest BCUT2D eigenvalue weighted by molar-refractivity contribution is 5.64. The Labute approximate surface area is 54.7 Å². The van der Waals surface area contributed by atoms with Crippen LogP contribution in [-0.2, 0) is 0 Å². The second-order valence-electron chi connectivity index (χ2n) is 1.74. The molecule has 2 aromatic rings. The fourth-order valence-corrected chi connectivity index (χ4v) is 0.711. The molecule has 0 spiro atoms. The number of oxazole rings is 1. The van der Waals surface area contributed by atoms with Gasteiger partial charge >= 0.3 is 5.56 Å². The number of rotatable bonds is 0. The van der Waals surface area contributed by atoms with Crippen LogP contribution in [0.4, 0.5) is 0 Å². The van der Waals surface area contributed by atoms with Gasteiger partial charge in [0, 0.05) is 0 Å². The lowest BCUT2D eigenvalue weighted by Crippen LogP contribution is -2.04. The first-order chi connectivity index (χ1) is 4.88. The van der Waals surface area contributed by atoms with Crippen LogP contribution < -0.4 is 5.56 Å². The summed E-state index contributed by atoms with van der Waals surface area (Å²) in [6.07, 6.45) is 2.48. The maximum atomic E-state index is 10.8. The summed E-state index contributed by atoms with van der Waals surface area (Å²) in [5.74, 6) is 0. The van der Waals surface area contributed by atoms with E-state index in [2.05, 4.69) is 15.0 Å². The van der Waals surface area contributed by atoms with Gasteiger partial charge in [0.25, 0.3) is 0 Å². The molecule has 1 N–H and O–H groups in total. The molecular weight excluding hydrogens is 134 g/mol. The molecule has 5 nitrogen and oxygen atoms in total. The largest absolute Gasteiger partial charge is 0.436 e. The number of hydrogen-bond acceptors (Lipinski definition) is 4. The second-order valence-corrected chi connectivity index (χ2v) is 1.74. The first-order valence-corrected chi connectivity index (χ1v) is 2.65. The Bertz CT molecular complexity index is 402. The molecule has 2 aromatic heterocycles. The Hall–Kier alpha value is -1.65. The van der Waals surface area contributed by atoms with Gasteiger partial charge in [-0.25, -0.2) is 0 Å². The minimum absolute atomic E-state index is 0.169. The van der Waals surface area contributed by atoms with Crippen LogP contribution in [0.1, 0.15) is 0 Å². The molecule has 50 valence electrons. The van der Waals surface area contributed by atoms with Gasteiger partial charge in [-0.05, 0) is 0 Å². The summed E-state index contributed by atoms with van der Waals surface area (Å²) in [6, 6.07) is 0. The van der Waals surface area contributed by atoms with Crippen molar-refractivity contribution in [1.82, 2.24) is 15.0 Å². The van der Waals surface area contributed by atoms with Gasteiger partial charge in [0.05, 0.1) is 6.33 Å². The molecule has 0 unspecified atom stereocenters. The third-order valence-corrected chi connectivity index (χ3v) is 1.14. The SMILES string of the molecule is O=c1nc[nH]c2ncoc12. The van der Waals surface area contributed by atoms with Crippen LogP contribution >= 0.6 is 0 Å². The van der Waals surface area contributed by atoms with Crippen LogP contribution in [0.15, 0.2) is 21.9 Å². The third-order valence-electron chi connectivity index (χ3n) is 1.14. The van der Waals surface area contributed by atoms with Crippen LogP contribution in [0, 0.1) is 0 Å². The predicted molar refractivity (Wildman–Crippen MR) is 32.4 cm³/mol. The van der Waals surface area contributed by atoms with Crippen molar-refractivity contribution in [2.24, 2.45) is 0 Å². The van der Waals surface area contributed by atoms with E-state index in [0.717, 1.165) is 0 Å². The van der Waals surface area contributed by atoms with Crippen LogP contribution in [0.2, 0.25) is 0 Å². The van der Waals surface area contributed by atoms with Crippen molar-refractivity contribution in [3.05, 3.63) is 23.1 Å². The van der Waals surface area contributed by atoms with E-state index in [-0.39, 0.29) is 5.58 Å². The third kappa shape index (κ3) is 0.540.